The fraction of sp³-hybridized carbons (Fsp3) is 0.111. The molecule has 1 heterocycles. The molecule has 7 nitrogen and oxygen atoms in total. The van der Waals surface area contributed by atoms with Crippen LogP contribution < -0.4 is 16.4 Å². The number of aromatic amines is 1. The molecule has 2 N–H and O–H groups in total. The minimum Gasteiger partial charge on any atom is -0.350 e. The first-order valence-electron chi connectivity index (χ1n) is 7.56. The Morgan fingerprint density at radius 2 is 1.88 bits per heavy atom. The SMILES string of the molecule is N#Cc1cccc(CNC(=O)Cn2[nH]c(=O)c3ccccc3c2=O)c1. The lowest BCUT2D eigenvalue weighted by Crippen LogP contribution is -2.36. The summed E-state index contributed by atoms with van der Waals surface area (Å²) in [6.07, 6.45) is 0. The van der Waals surface area contributed by atoms with Crippen molar-refractivity contribution in [2.75, 3.05) is 0 Å². The molecule has 0 aliphatic carbocycles. The first-order valence-corrected chi connectivity index (χ1v) is 7.56. The number of hydrogen-bond acceptors (Lipinski definition) is 4. The lowest BCUT2D eigenvalue weighted by Gasteiger charge is -2.08. The first kappa shape index (κ1) is 16.2. The van der Waals surface area contributed by atoms with Crippen molar-refractivity contribution in [3.8, 4) is 6.07 Å². The quantitative estimate of drug-likeness (QED) is 0.738. The van der Waals surface area contributed by atoms with Gasteiger partial charge in [-0.25, -0.2) is 4.68 Å². The van der Waals surface area contributed by atoms with Gasteiger partial charge >= 0.3 is 0 Å². The van der Waals surface area contributed by atoms with Crippen LogP contribution in [0.25, 0.3) is 10.8 Å². The van der Waals surface area contributed by atoms with E-state index in [0.29, 0.717) is 5.56 Å². The first-order chi connectivity index (χ1) is 12.1. The van der Waals surface area contributed by atoms with Crippen LogP contribution in [0, 0.1) is 11.3 Å². The van der Waals surface area contributed by atoms with Crippen molar-refractivity contribution in [3.63, 3.8) is 0 Å². The van der Waals surface area contributed by atoms with Gasteiger partial charge in [-0.3, -0.25) is 19.5 Å². The summed E-state index contributed by atoms with van der Waals surface area (Å²) in [4.78, 5) is 36.4. The fourth-order valence-electron chi connectivity index (χ4n) is 2.51. The van der Waals surface area contributed by atoms with Crippen molar-refractivity contribution in [2.45, 2.75) is 13.1 Å². The summed E-state index contributed by atoms with van der Waals surface area (Å²) in [5.41, 5.74) is 0.412. The molecule has 1 aromatic heterocycles. The lowest BCUT2D eigenvalue weighted by atomic mass is 10.1. The molecule has 0 unspecified atom stereocenters. The number of benzene rings is 2. The number of aromatic nitrogens is 2. The highest BCUT2D eigenvalue weighted by Crippen LogP contribution is 2.04. The topological polar surface area (TPSA) is 108 Å². The molecule has 0 aliphatic rings. The summed E-state index contributed by atoms with van der Waals surface area (Å²) in [6.45, 7) is -0.0717. The Balaban J connectivity index is 1.76. The van der Waals surface area contributed by atoms with Gasteiger partial charge in [0, 0.05) is 6.54 Å². The van der Waals surface area contributed by atoms with E-state index in [1.54, 1.807) is 48.5 Å². The number of nitrogens with one attached hydrogen (secondary N) is 2. The van der Waals surface area contributed by atoms with Crippen molar-refractivity contribution in [1.82, 2.24) is 15.1 Å². The number of hydrogen-bond donors (Lipinski definition) is 2. The van der Waals surface area contributed by atoms with E-state index >= 15 is 0 Å². The van der Waals surface area contributed by atoms with Gasteiger partial charge < -0.3 is 5.32 Å². The normalized spacial score (nSPS) is 10.4. The van der Waals surface area contributed by atoms with E-state index in [9.17, 15) is 14.4 Å². The summed E-state index contributed by atoms with van der Waals surface area (Å²) >= 11 is 0. The summed E-state index contributed by atoms with van der Waals surface area (Å²) in [7, 11) is 0. The van der Waals surface area contributed by atoms with Crippen molar-refractivity contribution in [2.24, 2.45) is 0 Å². The van der Waals surface area contributed by atoms with Crippen LogP contribution >= 0.6 is 0 Å². The molecule has 7 heteroatoms. The van der Waals surface area contributed by atoms with Gasteiger partial charge in [0.25, 0.3) is 11.1 Å². The largest absolute Gasteiger partial charge is 0.350 e. The molecule has 1 amide bonds. The minimum absolute atomic E-state index is 0.223. The highest BCUT2D eigenvalue weighted by molar-refractivity contribution is 5.81. The number of rotatable bonds is 4. The van der Waals surface area contributed by atoms with Crippen LogP contribution in [-0.2, 0) is 17.9 Å². The zero-order valence-corrected chi connectivity index (χ0v) is 13.2. The Hall–Kier alpha value is -3.66. The lowest BCUT2D eigenvalue weighted by molar-refractivity contribution is -0.122. The van der Waals surface area contributed by atoms with Crippen LogP contribution in [0.3, 0.4) is 0 Å². The number of nitriles is 1. The molecular formula is C18H14N4O3. The number of H-pyrrole nitrogens is 1. The average molecular weight is 334 g/mol. The third-order valence-corrected chi connectivity index (χ3v) is 3.73. The summed E-state index contributed by atoms with van der Waals surface area (Å²) in [6, 6.07) is 15.3. The maximum absolute atomic E-state index is 12.4. The average Bonchev–Trinajstić information content (AvgIpc) is 2.64. The van der Waals surface area contributed by atoms with Gasteiger partial charge in [-0.05, 0) is 29.8 Å². The second kappa shape index (κ2) is 6.84. The number of amides is 1. The molecule has 25 heavy (non-hydrogen) atoms. The fourth-order valence-corrected chi connectivity index (χ4v) is 2.51. The zero-order chi connectivity index (χ0) is 17.8. The predicted molar refractivity (Wildman–Crippen MR) is 91.8 cm³/mol. The number of fused-ring (bicyclic) bond motifs is 1. The van der Waals surface area contributed by atoms with E-state index in [-0.39, 0.29) is 23.9 Å². The van der Waals surface area contributed by atoms with Crippen LogP contribution in [0.4, 0.5) is 0 Å². The second-order valence-electron chi connectivity index (χ2n) is 5.47. The molecule has 0 saturated heterocycles. The number of nitrogens with zero attached hydrogens (tertiary/aromatic N) is 2. The summed E-state index contributed by atoms with van der Waals surface area (Å²) in [5.74, 6) is -0.421. The van der Waals surface area contributed by atoms with Gasteiger partial charge in [0.1, 0.15) is 6.54 Å². The molecule has 0 aliphatic heterocycles. The molecule has 124 valence electrons. The van der Waals surface area contributed by atoms with E-state index in [1.165, 1.54) is 0 Å². The molecule has 3 aromatic rings. The molecule has 0 saturated carbocycles. The Morgan fingerprint density at radius 1 is 1.12 bits per heavy atom. The van der Waals surface area contributed by atoms with E-state index in [0.717, 1.165) is 10.2 Å². The Labute approximate surface area is 142 Å². The molecule has 0 spiro atoms. The molecule has 0 fully saturated rings. The highest BCUT2D eigenvalue weighted by atomic mass is 16.2. The standard InChI is InChI=1S/C18H14N4O3/c19-9-12-4-3-5-13(8-12)10-20-16(23)11-22-18(25)15-7-2-1-6-14(15)17(24)21-22/h1-8H,10-11H2,(H,20,23)(H,21,24). The van der Waals surface area contributed by atoms with Crippen LogP contribution in [-0.4, -0.2) is 15.7 Å². The van der Waals surface area contributed by atoms with Gasteiger partial charge in [-0.2, -0.15) is 5.26 Å². The Bertz CT molecular complexity index is 1110. The molecule has 3 rings (SSSR count). The van der Waals surface area contributed by atoms with E-state index < -0.39 is 17.0 Å². The number of carbonyl (C=O) groups is 1. The maximum Gasteiger partial charge on any atom is 0.273 e. The van der Waals surface area contributed by atoms with E-state index in [1.807, 2.05) is 6.07 Å². The second-order valence-corrected chi connectivity index (χ2v) is 5.47. The molecule has 0 atom stereocenters. The Morgan fingerprint density at radius 3 is 2.64 bits per heavy atom. The van der Waals surface area contributed by atoms with Crippen LogP contribution in [0.15, 0.2) is 58.1 Å². The molecule has 0 bridgehead atoms. The molecule has 2 aromatic carbocycles. The van der Waals surface area contributed by atoms with Crippen molar-refractivity contribution < 1.29 is 4.79 Å². The highest BCUT2D eigenvalue weighted by Gasteiger charge is 2.10. The van der Waals surface area contributed by atoms with Crippen molar-refractivity contribution in [1.29, 1.82) is 5.26 Å². The van der Waals surface area contributed by atoms with Gasteiger partial charge in [0.15, 0.2) is 0 Å². The Kier molecular flexibility index (Phi) is 4.44. The van der Waals surface area contributed by atoms with Gasteiger partial charge in [-0.1, -0.05) is 24.3 Å². The van der Waals surface area contributed by atoms with Gasteiger partial charge in [0.05, 0.1) is 22.4 Å². The maximum atomic E-state index is 12.4. The third-order valence-electron chi connectivity index (χ3n) is 3.73. The number of carbonyl (C=O) groups excluding carboxylic acids is 1. The molecular weight excluding hydrogens is 320 g/mol. The van der Waals surface area contributed by atoms with E-state index in [4.69, 9.17) is 5.26 Å². The van der Waals surface area contributed by atoms with Crippen molar-refractivity contribution in [3.05, 3.63) is 80.4 Å². The zero-order valence-electron chi connectivity index (χ0n) is 13.2. The third kappa shape index (κ3) is 3.48. The van der Waals surface area contributed by atoms with Gasteiger partial charge in [0.2, 0.25) is 5.91 Å². The van der Waals surface area contributed by atoms with Crippen LogP contribution in [0.2, 0.25) is 0 Å². The van der Waals surface area contributed by atoms with Gasteiger partial charge in [-0.15, -0.1) is 0 Å². The van der Waals surface area contributed by atoms with E-state index in [2.05, 4.69) is 10.4 Å². The van der Waals surface area contributed by atoms with Crippen LogP contribution in [0.1, 0.15) is 11.1 Å². The monoisotopic (exact) mass is 334 g/mol. The van der Waals surface area contributed by atoms with Crippen molar-refractivity contribution >= 4 is 16.7 Å². The predicted octanol–water partition coefficient (Wildman–Crippen LogP) is 0.878. The summed E-state index contributed by atoms with van der Waals surface area (Å²) < 4.78 is 0.992. The molecule has 0 radical (unpaired) electrons. The minimum atomic E-state index is -0.433. The smallest absolute Gasteiger partial charge is 0.273 e. The van der Waals surface area contributed by atoms with Crippen LogP contribution in [0.5, 0.6) is 0 Å². The summed E-state index contributed by atoms with van der Waals surface area (Å²) in [5, 5.41) is 14.5.